The van der Waals surface area contributed by atoms with Gasteiger partial charge in [0, 0.05) is 18.9 Å². The molecule has 2 rings (SSSR count). The molecule has 0 bridgehead atoms. The molecule has 0 saturated carbocycles. The van der Waals surface area contributed by atoms with E-state index in [-0.39, 0.29) is 10.0 Å². The van der Waals surface area contributed by atoms with Crippen LogP contribution in [0.5, 0.6) is 0 Å². The van der Waals surface area contributed by atoms with Gasteiger partial charge in [0.15, 0.2) is 5.82 Å². The normalized spacial score (nSPS) is 11.1. The van der Waals surface area contributed by atoms with Gasteiger partial charge in [0.1, 0.15) is 0 Å². The van der Waals surface area contributed by atoms with Crippen LogP contribution < -0.4 is 5.32 Å². The number of hydrogen-bond acceptors (Lipinski definition) is 2. The molecule has 0 atom stereocenters. The summed E-state index contributed by atoms with van der Waals surface area (Å²) in [5.41, 5.74) is 0.667. The van der Waals surface area contributed by atoms with Gasteiger partial charge in [-0.05, 0) is 18.1 Å². The highest BCUT2D eigenvalue weighted by Crippen LogP contribution is 2.27. The number of nitrogens with zero attached hydrogens (tertiary/aromatic N) is 2. The smallest absolute Gasteiger partial charge is 0.207 e. The molecule has 0 aliphatic heterocycles. The van der Waals surface area contributed by atoms with E-state index in [0.717, 1.165) is 6.54 Å². The molecule has 0 aliphatic rings. The van der Waals surface area contributed by atoms with Gasteiger partial charge in [0.2, 0.25) is 5.95 Å². The van der Waals surface area contributed by atoms with Crippen molar-refractivity contribution in [3.63, 3.8) is 0 Å². The number of benzene rings is 1. The summed E-state index contributed by atoms with van der Waals surface area (Å²) in [5, 5.41) is 3.20. The summed E-state index contributed by atoms with van der Waals surface area (Å²) >= 11 is 11.6. The first-order valence-electron chi connectivity index (χ1n) is 5.91. The Morgan fingerprint density at radius 2 is 1.95 bits per heavy atom. The minimum atomic E-state index is -0.608. The van der Waals surface area contributed by atoms with Crippen LogP contribution >= 0.6 is 23.2 Å². The summed E-state index contributed by atoms with van der Waals surface area (Å²) in [6.07, 6.45) is 3.43. The van der Waals surface area contributed by atoms with Gasteiger partial charge in [-0.15, -0.1) is 0 Å². The summed E-state index contributed by atoms with van der Waals surface area (Å²) in [7, 11) is 0. The molecule has 0 saturated heterocycles. The molecule has 102 valence electrons. The van der Waals surface area contributed by atoms with E-state index in [1.807, 2.05) is 0 Å². The molecule has 6 heteroatoms. The lowest BCUT2D eigenvalue weighted by Gasteiger charge is -2.12. The summed E-state index contributed by atoms with van der Waals surface area (Å²) in [5.74, 6) is 0.557. The number of imidazole rings is 1. The molecule has 0 radical (unpaired) electrons. The lowest BCUT2D eigenvalue weighted by atomic mass is 10.2. The van der Waals surface area contributed by atoms with Crippen LogP contribution in [0.15, 0.2) is 24.5 Å². The van der Waals surface area contributed by atoms with Gasteiger partial charge >= 0.3 is 0 Å². The molecule has 1 aromatic carbocycles. The Balaban J connectivity index is 2.34. The van der Waals surface area contributed by atoms with Crippen LogP contribution in [-0.2, 0) is 0 Å². The van der Waals surface area contributed by atoms with Crippen molar-refractivity contribution in [1.29, 1.82) is 0 Å². The molecule has 1 aromatic heterocycles. The van der Waals surface area contributed by atoms with E-state index < -0.39 is 5.82 Å². The Hall–Kier alpha value is -1.26. The zero-order valence-corrected chi connectivity index (χ0v) is 12.1. The minimum Gasteiger partial charge on any atom is -0.355 e. The van der Waals surface area contributed by atoms with Crippen LogP contribution in [0.1, 0.15) is 13.8 Å². The number of halogens is 3. The quantitative estimate of drug-likeness (QED) is 0.849. The van der Waals surface area contributed by atoms with Crippen LogP contribution in [0.3, 0.4) is 0 Å². The Morgan fingerprint density at radius 3 is 2.53 bits per heavy atom. The van der Waals surface area contributed by atoms with Crippen LogP contribution in [-0.4, -0.2) is 16.1 Å². The number of hydrogen-bond donors (Lipinski definition) is 1. The van der Waals surface area contributed by atoms with Crippen molar-refractivity contribution < 1.29 is 4.39 Å². The number of nitrogens with one attached hydrogen (secondary N) is 1. The summed E-state index contributed by atoms with van der Waals surface area (Å²) in [6, 6.07) is 3.04. The number of anilines is 1. The summed E-state index contributed by atoms with van der Waals surface area (Å²) in [6.45, 7) is 5.00. The van der Waals surface area contributed by atoms with Gasteiger partial charge in [-0.2, -0.15) is 0 Å². The highest BCUT2D eigenvalue weighted by molar-refractivity contribution is 6.35. The fraction of sp³-hybridized carbons (Fsp3) is 0.308. The Labute approximate surface area is 121 Å². The van der Waals surface area contributed by atoms with E-state index in [0.29, 0.717) is 17.6 Å². The van der Waals surface area contributed by atoms with Crippen LogP contribution in [0.4, 0.5) is 10.3 Å². The maximum Gasteiger partial charge on any atom is 0.207 e. The summed E-state index contributed by atoms with van der Waals surface area (Å²) < 4.78 is 15.2. The lowest BCUT2D eigenvalue weighted by molar-refractivity contribution is 0.628. The van der Waals surface area contributed by atoms with Crippen LogP contribution in [0.25, 0.3) is 5.69 Å². The van der Waals surface area contributed by atoms with Crippen molar-refractivity contribution in [2.45, 2.75) is 13.8 Å². The standard InChI is InChI=1S/C13H14Cl2FN3/c1-8(2)7-18-13-17-3-4-19(13)9-5-10(14)12(16)11(15)6-9/h3-6,8H,7H2,1-2H3,(H,17,18). The molecule has 0 spiro atoms. The van der Waals surface area contributed by atoms with Crippen molar-refractivity contribution >= 4 is 29.2 Å². The van der Waals surface area contributed by atoms with E-state index in [9.17, 15) is 4.39 Å². The lowest BCUT2D eigenvalue weighted by Crippen LogP contribution is -2.12. The number of aromatic nitrogens is 2. The molecular formula is C13H14Cl2FN3. The van der Waals surface area contributed by atoms with Gasteiger partial charge in [-0.25, -0.2) is 9.37 Å². The van der Waals surface area contributed by atoms with E-state index in [1.54, 1.807) is 17.0 Å². The molecule has 0 fully saturated rings. The largest absolute Gasteiger partial charge is 0.355 e. The topological polar surface area (TPSA) is 29.9 Å². The molecule has 3 nitrogen and oxygen atoms in total. The van der Waals surface area contributed by atoms with Crippen molar-refractivity contribution in [1.82, 2.24) is 9.55 Å². The second-order valence-electron chi connectivity index (χ2n) is 4.62. The third-order valence-corrected chi connectivity index (χ3v) is 3.11. The van der Waals surface area contributed by atoms with Gasteiger partial charge in [0.25, 0.3) is 0 Å². The molecular weight excluding hydrogens is 288 g/mol. The van der Waals surface area contributed by atoms with Crippen molar-refractivity contribution in [2.75, 3.05) is 11.9 Å². The molecule has 2 aromatic rings. The predicted molar refractivity (Wildman–Crippen MR) is 76.9 cm³/mol. The second-order valence-corrected chi connectivity index (χ2v) is 5.43. The van der Waals surface area contributed by atoms with E-state index in [1.165, 1.54) is 12.1 Å². The molecule has 0 aliphatic carbocycles. The van der Waals surface area contributed by atoms with E-state index >= 15 is 0 Å². The Bertz CT molecular complexity index is 558. The van der Waals surface area contributed by atoms with Crippen LogP contribution in [0, 0.1) is 11.7 Å². The van der Waals surface area contributed by atoms with Gasteiger partial charge in [-0.3, -0.25) is 4.57 Å². The van der Waals surface area contributed by atoms with Gasteiger partial charge in [0.05, 0.1) is 15.7 Å². The van der Waals surface area contributed by atoms with E-state index in [2.05, 4.69) is 24.1 Å². The first kappa shape index (κ1) is 14.2. The number of rotatable bonds is 4. The fourth-order valence-corrected chi connectivity index (χ4v) is 2.09. The Kier molecular flexibility index (Phi) is 4.32. The van der Waals surface area contributed by atoms with Crippen molar-refractivity contribution in [3.05, 3.63) is 40.4 Å². The van der Waals surface area contributed by atoms with Crippen molar-refractivity contribution in [2.24, 2.45) is 5.92 Å². The minimum absolute atomic E-state index is 0.00832. The monoisotopic (exact) mass is 301 g/mol. The highest BCUT2D eigenvalue weighted by Gasteiger charge is 2.11. The third-order valence-electron chi connectivity index (χ3n) is 2.56. The second kappa shape index (κ2) is 5.80. The third kappa shape index (κ3) is 3.19. The average molecular weight is 302 g/mol. The zero-order valence-electron chi connectivity index (χ0n) is 10.6. The maximum absolute atomic E-state index is 13.4. The zero-order chi connectivity index (χ0) is 14.0. The fourth-order valence-electron chi connectivity index (χ4n) is 1.62. The van der Waals surface area contributed by atoms with E-state index in [4.69, 9.17) is 23.2 Å². The SMILES string of the molecule is CC(C)CNc1nccn1-c1cc(Cl)c(F)c(Cl)c1. The average Bonchev–Trinajstić information content (AvgIpc) is 2.81. The summed E-state index contributed by atoms with van der Waals surface area (Å²) in [4.78, 5) is 4.22. The molecule has 0 unspecified atom stereocenters. The molecule has 1 N–H and O–H groups in total. The first-order chi connectivity index (χ1) is 8.99. The maximum atomic E-state index is 13.4. The highest BCUT2D eigenvalue weighted by atomic mass is 35.5. The van der Waals surface area contributed by atoms with Crippen molar-refractivity contribution in [3.8, 4) is 5.69 Å². The molecule has 0 amide bonds. The Morgan fingerprint density at radius 1 is 1.32 bits per heavy atom. The van der Waals surface area contributed by atoms with Gasteiger partial charge in [-0.1, -0.05) is 37.0 Å². The van der Waals surface area contributed by atoms with Crippen LogP contribution in [0.2, 0.25) is 10.0 Å². The molecule has 1 heterocycles. The molecule has 19 heavy (non-hydrogen) atoms. The van der Waals surface area contributed by atoms with Gasteiger partial charge < -0.3 is 5.32 Å². The predicted octanol–water partition coefficient (Wildman–Crippen LogP) is 4.39. The first-order valence-corrected chi connectivity index (χ1v) is 6.66.